The van der Waals surface area contributed by atoms with E-state index in [-0.39, 0.29) is 12.0 Å². The van der Waals surface area contributed by atoms with Crippen LogP contribution in [0.15, 0.2) is 24.3 Å². The Balaban J connectivity index is 2.17. The third-order valence-electron chi connectivity index (χ3n) is 3.99. The van der Waals surface area contributed by atoms with Crippen molar-refractivity contribution in [3.05, 3.63) is 45.8 Å². The maximum Gasteiger partial charge on any atom is 0.341 e. The van der Waals surface area contributed by atoms with E-state index in [1.165, 1.54) is 24.5 Å². The maximum atomic E-state index is 12.3. The lowest BCUT2D eigenvalue weighted by Crippen LogP contribution is -2.11. The number of nitrogens with one attached hydrogen (secondary N) is 1. The van der Waals surface area contributed by atoms with Crippen LogP contribution in [0.1, 0.15) is 40.2 Å². The number of benzene rings is 1. The number of anilines is 1. The summed E-state index contributed by atoms with van der Waals surface area (Å²) in [7, 11) is 2.89. The molecule has 0 aliphatic carbocycles. The van der Waals surface area contributed by atoms with Gasteiger partial charge in [0.2, 0.25) is 5.91 Å². The van der Waals surface area contributed by atoms with Crippen LogP contribution in [-0.2, 0) is 9.53 Å². The Bertz CT molecular complexity index is 898. The van der Waals surface area contributed by atoms with Crippen molar-refractivity contribution in [1.29, 1.82) is 0 Å². The minimum atomic E-state index is -0.466. The van der Waals surface area contributed by atoms with Crippen LogP contribution in [0.5, 0.6) is 11.5 Å². The van der Waals surface area contributed by atoms with Crippen molar-refractivity contribution >= 4 is 34.3 Å². The van der Waals surface area contributed by atoms with Crippen molar-refractivity contribution in [1.82, 2.24) is 0 Å². The highest BCUT2D eigenvalue weighted by Crippen LogP contribution is 2.33. The highest BCUT2D eigenvalue weighted by molar-refractivity contribution is 7.16. The van der Waals surface area contributed by atoms with Gasteiger partial charge in [-0.1, -0.05) is 6.07 Å². The number of thiophene rings is 1. The molecule has 0 saturated carbocycles. The predicted molar refractivity (Wildman–Crippen MR) is 112 cm³/mol. The van der Waals surface area contributed by atoms with Crippen molar-refractivity contribution in [2.45, 2.75) is 33.8 Å². The molecule has 2 aromatic rings. The zero-order valence-corrected chi connectivity index (χ0v) is 17.7. The van der Waals surface area contributed by atoms with Crippen molar-refractivity contribution in [3.63, 3.8) is 0 Å². The Morgan fingerprint density at radius 3 is 2.46 bits per heavy atom. The molecule has 0 bridgehead atoms. The first kappa shape index (κ1) is 21.5. The molecule has 0 fully saturated rings. The van der Waals surface area contributed by atoms with Crippen LogP contribution in [0.3, 0.4) is 0 Å². The summed E-state index contributed by atoms with van der Waals surface area (Å²) >= 11 is 1.35. The van der Waals surface area contributed by atoms with Gasteiger partial charge in [-0.05, 0) is 57.0 Å². The van der Waals surface area contributed by atoms with Crippen LogP contribution in [0.4, 0.5) is 5.00 Å². The van der Waals surface area contributed by atoms with E-state index in [1.807, 2.05) is 33.8 Å². The van der Waals surface area contributed by atoms with Crippen LogP contribution in [0.2, 0.25) is 0 Å². The van der Waals surface area contributed by atoms with Crippen molar-refractivity contribution < 1.29 is 23.8 Å². The normalized spacial score (nSPS) is 11.0. The van der Waals surface area contributed by atoms with Gasteiger partial charge in [0, 0.05) is 11.0 Å². The molecule has 1 N–H and O–H groups in total. The zero-order chi connectivity index (χ0) is 20.8. The van der Waals surface area contributed by atoms with Gasteiger partial charge in [-0.3, -0.25) is 4.79 Å². The van der Waals surface area contributed by atoms with Crippen molar-refractivity contribution in [2.75, 3.05) is 19.5 Å². The summed E-state index contributed by atoms with van der Waals surface area (Å²) in [6, 6.07) is 5.43. The lowest BCUT2D eigenvalue weighted by Gasteiger charge is -2.13. The quantitative estimate of drug-likeness (QED) is 0.540. The first-order valence-corrected chi connectivity index (χ1v) is 9.60. The van der Waals surface area contributed by atoms with Gasteiger partial charge in [-0.15, -0.1) is 11.3 Å². The molecule has 0 atom stereocenters. The molecule has 1 heterocycles. The minimum absolute atomic E-state index is 0.0304. The van der Waals surface area contributed by atoms with E-state index in [1.54, 1.807) is 25.3 Å². The molecule has 0 radical (unpaired) electrons. The Morgan fingerprint density at radius 2 is 1.86 bits per heavy atom. The number of carbonyl (C=O) groups is 2. The summed E-state index contributed by atoms with van der Waals surface area (Å²) in [5.41, 5.74) is 1.99. The Labute approximate surface area is 169 Å². The number of esters is 1. The number of methoxy groups -OCH3 is 2. The monoisotopic (exact) mass is 403 g/mol. The molecule has 2 rings (SSSR count). The van der Waals surface area contributed by atoms with E-state index >= 15 is 0 Å². The number of carbonyl (C=O) groups excluding carboxylic acids is 2. The summed E-state index contributed by atoms with van der Waals surface area (Å²) in [6.45, 7) is 7.60. The summed E-state index contributed by atoms with van der Waals surface area (Å²) in [5.74, 6) is 0.430. The minimum Gasteiger partial charge on any atom is -0.493 e. The highest BCUT2D eigenvalue weighted by Gasteiger charge is 2.21. The van der Waals surface area contributed by atoms with Gasteiger partial charge in [-0.25, -0.2) is 4.79 Å². The molecule has 6 nitrogen and oxygen atoms in total. The SMILES string of the molecule is COC(=O)c1c(NC(=O)/C=C/c2ccc(OC(C)C)c(OC)c2)sc(C)c1C. The number of ether oxygens (including phenoxy) is 3. The van der Waals surface area contributed by atoms with Gasteiger partial charge in [0.25, 0.3) is 0 Å². The smallest absolute Gasteiger partial charge is 0.341 e. The van der Waals surface area contributed by atoms with E-state index in [4.69, 9.17) is 14.2 Å². The summed E-state index contributed by atoms with van der Waals surface area (Å²) in [5, 5.41) is 3.24. The fraction of sp³-hybridized carbons (Fsp3) is 0.333. The van der Waals surface area contributed by atoms with Crippen molar-refractivity contribution in [3.8, 4) is 11.5 Å². The van der Waals surface area contributed by atoms with Crippen LogP contribution in [-0.4, -0.2) is 32.2 Å². The molecule has 7 heteroatoms. The third-order valence-corrected chi connectivity index (χ3v) is 5.11. The molecule has 0 unspecified atom stereocenters. The average molecular weight is 404 g/mol. The topological polar surface area (TPSA) is 73.9 Å². The Hall–Kier alpha value is -2.80. The fourth-order valence-electron chi connectivity index (χ4n) is 2.53. The fourth-order valence-corrected chi connectivity index (χ4v) is 3.58. The third kappa shape index (κ3) is 5.13. The van der Waals surface area contributed by atoms with Gasteiger partial charge in [-0.2, -0.15) is 0 Å². The molecule has 150 valence electrons. The number of rotatable bonds is 7. The Kier molecular flexibility index (Phi) is 7.23. The van der Waals surface area contributed by atoms with Crippen molar-refractivity contribution in [2.24, 2.45) is 0 Å². The van der Waals surface area contributed by atoms with Gasteiger partial charge in [0.05, 0.1) is 25.9 Å². The molecule has 0 spiro atoms. The number of aryl methyl sites for hydroxylation is 1. The second kappa shape index (κ2) is 9.41. The van der Waals surface area contributed by atoms with E-state index in [0.717, 1.165) is 16.0 Å². The molecule has 1 aromatic heterocycles. The summed E-state index contributed by atoms with van der Waals surface area (Å²) in [4.78, 5) is 25.3. The Morgan fingerprint density at radius 1 is 1.14 bits per heavy atom. The molecule has 28 heavy (non-hydrogen) atoms. The van der Waals surface area contributed by atoms with Gasteiger partial charge in [0.1, 0.15) is 5.00 Å². The second-order valence-electron chi connectivity index (χ2n) is 6.38. The van der Waals surface area contributed by atoms with Gasteiger partial charge < -0.3 is 19.5 Å². The van der Waals surface area contributed by atoms with E-state index in [0.29, 0.717) is 22.1 Å². The first-order chi connectivity index (χ1) is 13.3. The maximum absolute atomic E-state index is 12.3. The molecular formula is C21H25NO5S. The molecule has 1 aromatic carbocycles. The largest absolute Gasteiger partial charge is 0.493 e. The first-order valence-electron chi connectivity index (χ1n) is 8.78. The molecule has 0 aliphatic heterocycles. The van der Waals surface area contributed by atoms with Crippen LogP contribution in [0.25, 0.3) is 6.08 Å². The van der Waals surface area contributed by atoms with Crippen LogP contribution < -0.4 is 14.8 Å². The van der Waals surface area contributed by atoms with E-state index in [9.17, 15) is 9.59 Å². The van der Waals surface area contributed by atoms with E-state index < -0.39 is 5.97 Å². The second-order valence-corrected chi connectivity index (χ2v) is 7.60. The summed E-state index contributed by atoms with van der Waals surface area (Å²) in [6.07, 6.45) is 3.11. The number of amides is 1. The van der Waals surface area contributed by atoms with Crippen LogP contribution >= 0.6 is 11.3 Å². The molecule has 0 aliphatic rings. The van der Waals surface area contributed by atoms with Gasteiger partial charge in [0.15, 0.2) is 11.5 Å². The van der Waals surface area contributed by atoms with Crippen LogP contribution in [0, 0.1) is 13.8 Å². The molecule has 1 amide bonds. The number of hydrogen-bond acceptors (Lipinski definition) is 6. The lowest BCUT2D eigenvalue weighted by molar-refractivity contribution is -0.111. The summed E-state index contributed by atoms with van der Waals surface area (Å²) < 4.78 is 15.9. The highest BCUT2D eigenvalue weighted by atomic mass is 32.1. The molecular weight excluding hydrogens is 378 g/mol. The zero-order valence-electron chi connectivity index (χ0n) is 16.9. The number of hydrogen-bond donors (Lipinski definition) is 1. The standard InChI is InChI=1S/C21H25NO5S/c1-12(2)27-16-9-7-15(11-17(16)25-5)8-10-18(23)22-20-19(21(24)26-6)13(3)14(4)28-20/h7-12H,1-6H3,(H,22,23)/b10-8+. The predicted octanol–water partition coefficient (Wildman–Crippen LogP) is 4.60. The van der Waals surface area contributed by atoms with Gasteiger partial charge >= 0.3 is 5.97 Å². The average Bonchev–Trinajstić information content (AvgIpc) is 2.93. The van der Waals surface area contributed by atoms with E-state index in [2.05, 4.69) is 5.32 Å². The lowest BCUT2D eigenvalue weighted by atomic mass is 10.1. The molecule has 0 saturated heterocycles.